The van der Waals surface area contributed by atoms with Crippen LogP contribution in [0.2, 0.25) is 0 Å². The Balaban J connectivity index is 1.41. The van der Waals surface area contributed by atoms with E-state index in [1.165, 1.54) is 27.5 Å². The number of hydrogen-bond acceptors (Lipinski definition) is 3. The molecule has 0 bridgehead atoms. The summed E-state index contributed by atoms with van der Waals surface area (Å²) in [6.07, 6.45) is 0.631. The second-order valence-corrected chi connectivity index (χ2v) is 10.1. The topological polar surface area (TPSA) is 24.8 Å². The number of nitrogens with zero attached hydrogens (tertiary/aromatic N) is 2. The molecule has 33 heavy (non-hydrogen) atoms. The van der Waals surface area contributed by atoms with Gasteiger partial charge in [0, 0.05) is 17.5 Å². The normalized spacial score (nSPS) is 19.6. The molecular weight excluding hydrogens is 404 g/mol. The Morgan fingerprint density at radius 3 is 2.33 bits per heavy atom. The van der Waals surface area contributed by atoms with Gasteiger partial charge >= 0.3 is 0 Å². The molecule has 0 saturated carbocycles. The van der Waals surface area contributed by atoms with Gasteiger partial charge in [-0.3, -0.25) is 0 Å². The number of hydrogen-bond donors (Lipinski definition) is 0. The van der Waals surface area contributed by atoms with Gasteiger partial charge in [-0.1, -0.05) is 99.6 Å². The van der Waals surface area contributed by atoms with E-state index in [0.717, 1.165) is 23.4 Å². The van der Waals surface area contributed by atoms with Crippen molar-refractivity contribution < 1.29 is 4.74 Å². The van der Waals surface area contributed by atoms with Crippen LogP contribution in [0.25, 0.3) is 10.8 Å². The van der Waals surface area contributed by atoms with Gasteiger partial charge in [0.15, 0.2) is 0 Å². The quantitative estimate of drug-likeness (QED) is 0.330. The summed E-state index contributed by atoms with van der Waals surface area (Å²) in [7, 11) is 0. The highest BCUT2D eigenvalue weighted by atomic mass is 16.5. The van der Waals surface area contributed by atoms with E-state index in [1.807, 2.05) is 6.07 Å². The fraction of sp³-hybridized carbons (Fsp3) is 0.233. The minimum atomic E-state index is -0.239. The zero-order valence-corrected chi connectivity index (χ0v) is 19.3. The van der Waals surface area contributed by atoms with Crippen molar-refractivity contribution in [3.05, 3.63) is 113 Å². The van der Waals surface area contributed by atoms with Gasteiger partial charge in [0.05, 0.1) is 11.8 Å². The van der Waals surface area contributed by atoms with Crippen molar-refractivity contribution in [1.29, 1.82) is 0 Å². The minimum Gasteiger partial charge on any atom is -0.464 e. The zero-order chi connectivity index (χ0) is 22.6. The fourth-order valence-corrected chi connectivity index (χ4v) is 4.95. The third-order valence-corrected chi connectivity index (χ3v) is 6.84. The third-order valence-electron chi connectivity index (χ3n) is 6.84. The molecule has 6 rings (SSSR count). The first-order chi connectivity index (χ1) is 16.0. The largest absolute Gasteiger partial charge is 0.464 e. The molecule has 0 aromatic heterocycles. The predicted molar refractivity (Wildman–Crippen MR) is 135 cm³/mol. The molecule has 0 aliphatic carbocycles. The van der Waals surface area contributed by atoms with Crippen LogP contribution in [-0.2, 0) is 5.41 Å². The summed E-state index contributed by atoms with van der Waals surface area (Å²) in [5.41, 5.74) is 6.08. The number of fused-ring (bicyclic) bond motifs is 4. The molecule has 4 aromatic carbocycles. The highest BCUT2D eigenvalue weighted by Crippen LogP contribution is 2.47. The molecule has 0 fully saturated rings. The Hall–Kier alpha value is -3.59. The van der Waals surface area contributed by atoms with E-state index in [9.17, 15) is 0 Å². The maximum absolute atomic E-state index is 6.53. The van der Waals surface area contributed by atoms with Crippen molar-refractivity contribution in [2.75, 3.05) is 0 Å². The summed E-state index contributed by atoms with van der Waals surface area (Å²) >= 11 is 0. The first-order valence-corrected chi connectivity index (χ1v) is 11.7. The Morgan fingerprint density at radius 2 is 1.55 bits per heavy atom. The maximum atomic E-state index is 6.53. The Morgan fingerprint density at radius 1 is 0.818 bits per heavy atom. The molecule has 0 N–H and O–H groups in total. The monoisotopic (exact) mass is 432 g/mol. The molecule has 2 heterocycles. The predicted octanol–water partition coefficient (Wildman–Crippen LogP) is 7.38. The molecule has 2 atom stereocenters. The Kier molecular flexibility index (Phi) is 4.55. The van der Waals surface area contributed by atoms with Crippen molar-refractivity contribution in [3.63, 3.8) is 0 Å². The van der Waals surface area contributed by atoms with Crippen LogP contribution >= 0.6 is 0 Å². The van der Waals surface area contributed by atoms with E-state index < -0.39 is 0 Å². The Bertz CT molecular complexity index is 1360. The summed E-state index contributed by atoms with van der Waals surface area (Å²) in [6, 6.07) is 32.5. The number of rotatable bonds is 2. The summed E-state index contributed by atoms with van der Waals surface area (Å²) in [6.45, 7) is 6.73. The van der Waals surface area contributed by atoms with E-state index in [1.54, 1.807) is 0 Å². The highest BCUT2D eigenvalue weighted by Gasteiger charge is 2.40. The number of para-hydroxylation sites is 1. The van der Waals surface area contributed by atoms with E-state index in [0.29, 0.717) is 0 Å². The minimum absolute atomic E-state index is 0.121. The molecule has 2 aliphatic heterocycles. The van der Waals surface area contributed by atoms with Gasteiger partial charge < -0.3 is 4.74 Å². The van der Waals surface area contributed by atoms with Crippen LogP contribution in [0.5, 0.6) is 5.75 Å². The van der Waals surface area contributed by atoms with Gasteiger partial charge in [0.25, 0.3) is 0 Å². The highest BCUT2D eigenvalue weighted by molar-refractivity contribution is 6.04. The second kappa shape index (κ2) is 7.48. The summed E-state index contributed by atoms with van der Waals surface area (Å²) in [5, 5.41) is 9.80. The average Bonchev–Trinajstić information content (AvgIpc) is 3.29. The lowest BCUT2D eigenvalue weighted by Crippen LogP contribution is -2.33. The smallest absolute Gasteiger partial charge is 0.213 e. The van der Waals surface area contributed by atoms with Crippen molar-refractivity contribution in [2.24, 2.45) is 5.10 Å². The molecule has 4 aromatic rings. The summed E-state index contributed by atoms with van der Waals surface area (Å²) in [4.78, 5) is 0. The average molecular weight is 433 g/mol. The van der Waals surface area contributed by atoms with Gasteiger partial charge in [-0.15, -0.1) is 0 Å². The van der Waals surface area contributed by atoms with E-state index in [-0.39, 0.29) is 17.7 Å². The lowest BCUT2D eigenvalue weighted by Gasteiger charge is -2.38. The molecular formula is C30H28N2O. The number of benzene rings is 4. The number of ether oxygens (including phenoxy) is 1. The van der Waals surface area contributed by atoms with E-state index in [4.69, 9.17) is 9.84 Å². The molecule has 0 amide bonds. The Labute approximate surface area is 195 Å². The van der Waals surface area contributed by atoms with Gasteiger partial charge in [0.1, 0.15) is 5.75 Å². The van der Waals surface area contributed by atoms with Crippen LogP contribution in [0, 0.1) is 0 Å². The SMILES string of the molecule is CC(C)(C)c1ccc([C@@H]2Oc3ccccc3[C@H]3CC(c4ccc5ccccc5c4)=NN32)cc1. The molecule has 0 saturated heterocycles. The van der Waals surface area contributed by atoms with Crippen LogP contribution in [-0.4, -0.2) is 10.7 Å². The second-order valence-electron chi connectivity index (χ2n) is 10.1. The van der Waals surface area contributed by atoms with Crippen molar-refractivity contribution in [2.45, 2.75) is 44.9 Å². The lowest BCUT2D eigenvalue weighted by molar-refractivity contribution is -0.0190. The molecule has 2 aliphatic rings. The molecule has 0 unspecified atom stereocenters. The van der Waals surface area contributed by atoms with Crippen LogP contribution in [0.3, 0.4) is 0 Å². The zero-order valence-electron chi connectivity index (χ0n) is 19.3. The number of hydrazone groups is 1. The molecule has 0 spiro atoms. The first-order valence-electron chi connectivity index (χ1n) is 11.7. The van der Waals surface area contributed by atoms with E-state index >= 15 is 0 Å². The van der Waals surface area contributed by atoms with Crippen molar-refractivity contribution in [1.82, 2.24) is 5.01 Å². The van der Waals surface area contributed by atoms with Gasteiger partial charge in [-0.05, 0) is 39.4 Å². The fourth-order valence-electron chi connectivity index (χ4n) is 4.95. The van der Waals surface area contributed by atoms with Gasteiger partial charge in [0.2, 0.25) is 6.23 Å². The van der Waals surface area contributed by atoms with Crippen LogP contribution in [0.1, 0.15) is 61.7 Å². The van der Waals surface area contributed by atoms with Crippen LogP contribution < -0.4 is 4.74 Å². The van der Waals surface area contributed by atoms with Crippen LogP contribution in [0.4, 0.5) is 0 Å². The van der Waals surface area contributed by atoms with Gasteiger partial charge in [-0.2, -0.15) is 5.10 Å². The maximum Gasteiger partial charge on any atom is 0.213 e. The van der Waals surface area contributed by atoms with Gasteiger partial charge in [-0.25, -0.2) is 5.01 Å². The summed E-state index contributed by atoms with van der Waals surface area (Å²) in [5.74, 6) is 0.957. The molecule has 0 radical (unpaired) electrons. The van der Waals surface area contributed by atoms with Crippen molar-refractivity contribution in [3.8, 4) is 5.75 Å². The first kappa shape index (κ1) is 20.0. The lowest BCUT2D eigenvalue weighted by atomic mass is 9.86. The van der Waals surface area contributed by atoms with Crippen molar-refractivity contribution >= 4 is 16.5 Å². The standard InChI is InChI=1S/C30H28N2O/c1-30(2,3)24-16-14-21(15-17-24)29-32-27(25-10-6-7-11-28(25)33-29)19-26(31-32)23-13-12-20-8-4-5-9-22(20)18-23/h4-18,27,29H,19H2,1-3H3/t27-,29+/m1/s1. The molecule has 164 valence electrons. The molecule has 3 nitrogen and oxygen atoms in total. The molecule has 3 heteroatoms. The third kappa shape index (κ3) is 3.48. The summed E-state index contributed by atoms with van der Waals surface area (Å²) < 4.78 is 6.53. The van der Waals surface area contributed by atoms with Crippen LogP contribution in [0.15, 0.2) is 96.1 Å². The van der Waals surface area contributed by atoms with E-state index in [2.05, 4.69) is 111 Å².